The molecule has 1 heterocycles. The van der Waals surface area contributed by atoms with Gasteiger partial charge in [0.05, 0.1) is 15.9 Å². The second kappa shape index (κ2) is 12.1. The smallest absolute Gasteiger partial charge is 0.335 e. The number of rotatable bonds is 8. The van der Waals surface area contributed by atoms with Crippen molar-refractivity contribution in [1.29, 1.82) is 0 Å². The van der Waals surface area contributed by atoms with Gasteiger partial charge in [0.25, 0.3) is 11.8 Å². The highest BCUT2D eigenvalue weighted by Crippen LogP contribution is 2.36. The summed E-state index contributed by atoms with van der Waals surface area (Å²) >= 11 is 4.40. The maximum Gasteiger partial charge on any atom is 0.335 e. The Morgan fingerprint density at radius 3 is 2.22 bits per heavy atom. The molecular formula is C28H24I2N2O5. The van der Waals surface area contributed by atoms with Gasteiger partial charge in [-0.3, -0.25) is 14.9 Å². The first-order valence-electron chi connectivity index (χ1n) is 11.6. The summed E-state index contributed by atoms with van der Waals surface area (Å²) in [7, 11) is 0. The van der Waals surface area contributed by atoms with E-state index in [2.05, 4.69) is 50.5 Å². The van der Waals surface area contributed by atoms with E-state index in [0.29, 0.717) is 36.0 Å². The summed E-state index contributed by atoms with van der Waals surface area (Å²) in [5, 5.41) is 2.27. The molecule has 0 bridgehead atoms. The molecule has 0 aliphatic carbocycles. The Morgan fingerprint density at radius 2 is 1.57 bits per heavy atom. The third kappa shape index (κ3) is 6.32. The highest BCUT2D eigenvalue weighted by Gasteiger charge is 2.36. The number of carbonyl (C=O) groups is 3. The number of ether oxygens (including phenoxy) is 2. The predicted octanol–water partition coefficient (Wildman–Crippen LogP) is 6.10. The van der Waals surface area contributed by atoms with Crippen molar-refractivity contribution in [2.45, 2.75) is 26.9 Å². The number of imide groups is 2. The molecule has 0 unspecified atom stereocenters. The van der Waals surface area contributed by atoms with Crippen LogP contribution >= 0.6 is 45.2 Å². The number of amides is 4. The van der Waals surface area contributed by atoms with Crippen LogP contribution in [0, 0.1) is 7.14 Å². The van der Waals surface area contributed by atoms with E-state index in [4.69, 9.17) is 9.47 Å². The van der Waals surface area contributed by atoms with Gasteiger partial charge in [-0.25, -0.2) is 9.69 Å². The van der Waals surface area contributed by atoms with Crippen LogP contribution in [0.1, 0.15) is 30.5 Å². The first kappa shape index (κ1) is 27.1. The zero-order chi connectivity index (χ0) is 26.5. The second-order valence-corrected chi connectivity index (χ2v) is 10.6. The number of barbiturate groups is 1. The first-order valence-corrected chi connectivity index (χ1v) is 13.8. The van der Waals surface area contributed by atoms with Gasteiger partial charge < -0.3 is 9.47 Å². The molecule has 7 nitrogen and oxygen atoms in total. The summed E-state index contributed by atoms with van der Waals surface area (Å²) in [6.07, 6.45) is 2.29. The quantitative estimate of drug-likeness (QED) is 0.173. The molecule has 190 valence electrons. The summed E-state index contributed by atoms with van der Waals surface area (Å²) in [4.78, 5) is 39.4. The number of halogens is 2. The molecule has 0 atom stereocenters. The molecule has 3 aromatic rings. The van der Waals surface area contributed by atoms with Crippen molar-refractivity contribution in [2.24, 2.45) is 0 Å². The molecule has 1 aliphatic heterocycles. The van der Waals surface area contributed by atoms with E-state index in [0.717, 1.165) is 29.6 Å². The van der Waals surface area contributed by atoms with Crippen molar-refractivity contribution in [2.75, 3.05) is 11.5 Å². The van der Waals surface area contributed by atoms with Gasteiger partial charge in [-0.15, -0.1) is 0 Å². The minimum Gasteiger partial charge on any atom is -0.490 e. The van der Waals surface area contributed by atoms with Crippen molar-refractivity contribution in [1.82, 2.24) is 5.32 Å². The molecule has 0 saturated carbocycles. The molecule has 1 aliphatic rings. The number of urea groups is 1. The van der Waals surface area contributed by atoms with Gasteiger partial charge in [0.15, 0.2) is 11.5 Å². The van der Waals surface area contributed by atoms with Gasteiger partial charge in [0.2, 0.25) is 0 Å². The number of benzene rings is 3. The maximum atomic E-state index is 13.3. The Balaban J connectivity index is 1.64. The maximum absolute atomic E-state index is 13.3. The molecule has 0 aromatic heterocycles. The molecule has 1 fully saturated rings. The van der Waals surface area contributed by atoms with Crippen LogP contribution in [0.4, 0.5) is 10.5 Å². The van der Waals surface area contributed by atoms with Crippen LogP contribution in [0.15, 0.2) is 66.2 Å². The van der Waals surface area contributed by atoms with Crippen LogP contribution in [-0.2, 0) is 22.6 Å². The summed E-state index contributed by atoms with van der Waals surface area (Å²) in [5.74, 6) is -0.359. The average Bonchev–Trinajstić information content (AvgIpc) is 2.87. The highest BCUT2D eigenvalue weighted by atomic mass is 127. The van der Waals surface area contributed by atoms with Crippen molar-refractivity contribution >= 4 is 74.8 Å². The SMILES string of the molecule is CCOc1cc(/C=C2/C(=O)NC(=O)N(c3ccc(CC)cc3)C2=O)cc(I)c1OCc1ccc(I)cc1. The molecule has 4 rings (SSSR count). The summed E-state index contributed by atoms with van der Waals surface area (Å²) in [5.41, 5.74) is 2.91. The number of hydrogen-bond acceptors (Lipinski definition) is 5. The molecule has 1 N–H and O–H groups in total. The van der Waals surface area contributed by atoms with Gasteiger partial charge in [0, 0.05) is 3.57 Å². The number of carbonyl (C=O) groups excluding carboxylic acids is 3. The topological polar surface area (TPSA) is 84.9 Å². The molecular weight excluding hydrogens is 698 g/mol. The van der Waals surface area contributed by atoms with E-state index in [1.54, 1.807) is 24.3 Å². The van der Waals surface area contributed by atoms with Crippen LogP contribution in [0.3, 0.4) is 0 Å². The fraction of sp³-hybridized carbons (Fsp3) is 0.179. The molecule has 4 amide bonds. The zero-order valence-corrected chi connectivity index (χ0v) is 24.5. The molecule has 9 heteroatoms. The average molecular weight is 722 g/mol. The van der Waals surface area contributed by atoms with Crippen LogP contribution in [0.2, 0.25) is 0 Å². The Morgan fingerprint density at radius 1 is 0.892 bits per heavy atom. The Kier molecular flexibility index (Phi) is 8.85. The summed E-state index contributed by atoms with van der Waals surface area (Å²) < 4.78 is 13.8. The molecule has 0 radical (unpaired) electrons. The van der Waals surface area contributed by atoms with Crippen LogP contribution in [0.25, 0.3) is 6.08 Å². The van der Waals surface area contributed by atoms with Crippen LogP contribution in [-0.4, -0.2) is 24.5 Å². The fourth-order valence-corrected chi connectivity index (χ4v) is 4.89. The number of nitrogens with zero attached hydrogens (tertiary/aromatic N) is 1. The lowest BCUT2D eigenvalue weighted by Gasteiger charge is -2.26. The molecule has 0 spiro atoms. The highest BCUT2D eigenvalue weighted by molar-refractivity contribution is 14.1. The third-order valence-corrected chi connectivity index (χ3v) is 7.16. The summed E-state index contributed by atoms with van der Waals surface area (Å²) in [6, 6.07) is 17.9. The standard InChI is InChI=1S/C28H24I2N2O5/c1-3-17-7-11-21(12-8-17)32-27(34)22(26(33)31-28(32)35)13-19-14-23(30)25(24(15-19)36-4-2)37-16-18-5-9-20(29)10-6-18/h5-15H,3-4,16H2,1-2H3,(H,31,33,35)/b22-13-. The van der Waals surface area contributed by atoms with Crippen molar-refractivity contribution < 1.29 is 23.9 Å². The summed E-state index contributed by atoms with van der Waals surface area (Å²) in [6.45, 7) is 4.66. The van der Waals surface area contributed by atoms with Crippen LogP contribution < -0.4 is 19.7 Å². The minimum atomic E-state index is -0.777. The number of anilines is 1. The van der Waals surface area contributed by atoms with Gasteiger partial charge in [-0.1, -0.05) is 31.2 Å². The Hall–Kier alpha value is -2.93. The van der Waals surface area contributed by atoms with E-state index in [1.807, 2.05) is 50.2 Å². The normalized spacial score (nSPS) is 14.6. The minimum absolute atomic E-state index is 0.148. The number of nitrogens with one attached hydrogen (secondary N) is 1. The lowest BCUT2D eigenvalue weighted by atomic mass is 10.1. The van der Waals surface area contributed by atoms with Crippen LogP contribution in [0.5, 0.6) is 11.5 Å². The van der Waals surface area contributed by atoms with Crippen molar-refractivity contribution in [3.05, 3.63) is 90.1 Å². The molecule has 1 saturated heterocycles. The third-order valence-electron chi connectivity index (χ3n) is 5.64. The molecule has 37 heavy (non-hydrogen) atoms. The Labute approximate surface area is 242 Å². The second-order valence-electron chi connectivity index (χ2n) is 8.16. The zero-order valence-electron chi connectivity index (χ0n) is 20.2. The lowest BCUT2D eigenvalue weighted by molar-refractivity contribution is -0.122. The Bertz CT molecular complexity index is 1370. The van der Waals surface area contributed by atoms with E-state index in [9.17, 15) is 14.4 Å². The van der Waals surface area contributed by atoms with Gasteiger partial charge >= 0.3 is 6.03 Å². The number of aryl methyl sites for hydroxylation is 1. The number of hydrogen-bond donors (Lipinski definition) is 1. The van der Waals surface area contributed by atoms with Gasteiger partial charge in [0.1, 0.15) is 12.2 Å². The van der Waals surface area contributed by atoms with Gasteiger partial charge in [-0.05, 0) is 118 Å². The van der Waals surface area contributed by atoms with E-state index in [-0.39, 0.29) is 5.57 Å². The monoisotopic (exact) mass is 722 g/mol. The fourth-order valence-electron chi connectivity index (χ4n) is 3.75. The van der Waals surface area contributed by atoms with Crippen molar-refractivity contribution in [3.8, 4) is 11.5 Å². The lowest BCUT2D eigenvalue weighted by Crippen LogP contribution is -2.54. The predicted molar refractivity (Wildman–Crippen MR) is 159 cm³/mol. The van der Waals surface area contributed by atoms with E-state index < -0.39 is 17.8 Å². The van der Waals surface area contributed by atoms with E-state index in [1.165, 1.54) is 6.08 Å². The van der Waals surface area contributed by atoms with E-state index >= 15 is 0 Å². The van der Waals surface area contributed by atoms with Crippen molar-refractivity contribution in [3.63, 3.8) is 0 Å². The van der Waals surface area contributed by atoms with Gasteiger partial charge in [-0.2, -0.15) is 0 Å². The molecule has 3 aromatic carbocycles. The largest absolute Gasteiger partial charge is 0.490 e. The first-order chi connectivity index (χ1) is 17.8.